The fourth-order valence-corrected chi connectivity index (χ4v) is 7.48. The van der Waals surface area contributed by atoms with E-state index in [1.807, 2.05) is 0 Å². The average Bonchev–Trinajstić information content (AvgIpc) is 3.19. The minimum atomic E-state index is -0.760. The zero-order valence-electron chi connectivity index (χ0n) is 38.1. The zero-order valence-corrected chi connectivity index (χ0v) is 38.1. The molecule has 0 N–H and O–H groups in total. The van der Waals surface area contributed by atoms with E-state index in [4.69, 9.17) is 14.2 Å². The van der Waals surface area contributed by atoms with E-state index in [1.54, 1.807) is 0 Å². The molecule has 0 aromatic heterocycles. The highest BCUT2D eigenvalue weighted by Gasteiger charge is 2.19. The first-order valence-corrected chi connectivity index (χ1v) is 24.9. The molecule has 6 nitrogen and oxygen atoms in total. The smallest absolute Gasteiger partial charge is 0.306 e. The van der Waals surface area contributed by atoms with Crippen molar-refractivity contribution in [3.63, 3.8) is 0 Å². The molecule has 0 fully saturated rings. The summed E-state index contributed by atoms with van der Waals surface area (Å²) in [4.78, 5) is 37.8. The Morgan fingerprint density at radius 3 is 0.929 bits per heavy atom. The normalized spacial score (nSPS) is 12.4. The van der Waals surface area contributed by atoms with Crippen molar-refractivity contribution in [2.45, 2.75) is 284 Å². The van der Waals surface area contributed by atoms with Crippen molar-refractivity contribution in [2.24, 2.45) is 5.92 Å². The quantitative estimate of drug-likeness (QED) is 0.0347. The van der Waals surface area contributed by atoms with Crippen LogP contribution in [0.3, 0.4) is 0 Å². The van der Waals surface area contributed by atoms with E-state index in [9.17, 15) is 14.4 Å². The van der Waals surface area contributed by atoms with E-state index >= 15 is 0 Å². The van der Waals surface area contributed by atoms with Crippen LogP contribution < -0.4 is 0 Å². The second kappa shape index (κ2) is 44.5. The Morgan fingerprint density at radius 2 is 0.625 bits per heavy atom. The second-order valence-electron chi connectivity index (χ2n) is 17.3. The summed E-state index contributed by atoms with van der Waals surface area (Å²) in [6.07, 6.45) is 45.2. The monoisotopic (exact) mass is 793 g/mol. The van der Waals surface area contributed by atoms with Crippen molar-refractivity contribution in [3.05, 3.63) is 0 Å². The Bertz CT molecular complexity index is 843. The van der Waals surface area contributed by atoms with Gasteiger partial charge in [-0.05, 0) is 25.2 Å². The van der Waals surface area contributed by atoms with Crippen LogP contribution in [0, 0.1) is 5.92 Å². The summed E-state index contributed by atoms with van der Waals surface area (Å²) >= 11 is 0. The maximum atomic E-state index is 12.7. The summed E-state index contributed by atoms with van der Waals surface area (Å²) in [5, 5.41) is 0. The van der Waals surface area contributed by atoms with Gasteiger partial charge >= 0.3 is 17.9 Å². The molecule has 0 bridgehead atoms. The lowest BCUT2D eigenvalue weighted by atomic mass is 10.00. The molecule has 0 heterocycles. The molecule has 6 heteroatoms. The third kappa shape index (κ3) is 42.0. The Balaban J connectivity index is 4.26. The average molecular weight is 793 g/mol. The lowest BCUT2D eigenvalue weighted by molar-refractivity contribution is -0.167. The van der Waals surface area contributed by atoms with Crippen molar-refractivity contribution in [2.75, 3.05) is 13.2 Å². The van der Waals surface area contributed by atoms with Crippen LogP contribution in [0.25, 0.3) is 0 Å². The molecule has 1 unspecified atom stereocenters. The van der Waals surface area contributed by atoms with Gasteiger partial charge in [0, 0.05) is 19.3 Å². The van der Waals surface area contributed by atoms with E-state index in [2.05, 4.69) is 27.7 Å². The van der Waals surface area contributed by atoms with E-state index in [-0.39, 0.29) is 31.1 Å². The maximum Gasteiger partial charge on any atom is 0.306 e. The van der Waals surface area contributed by atoms with Gasteiger partial charge in [-0.2, -0.15) is 0 Å². The molecule has 0 aromatic rings. The van der Waals surface area contributed by atoms with Crippen molar-refractivity contribution in [1.82, 2.24) is 0 Å². The number of esters is 3. The van der Waals surface area contributed by atoms with Gasteiger partial charge in [-0.1, -0.05) is 240 Å². The molecular weight excluding hydrogens is 697 g/mol. The number of rotatable bonds is 45. The van der Waals surface area contributed by atoms with E-state index < -0.39 is 6.10 Å². The summed E-state index contributed by atoms with van der Waals surface area (Å²) in [7, 11) is 0. The van der Waals surface area contributed by atoms with Gasteiger partial charge in [0.2, 0.25) is 0 Å². The zero-order chi connectivity index (χ0) is 41.0. The van der Waals surface area contributed by atoms with Crippen LogP contribution in [0.5, 0.6) is 0 Å². The molecular formula is C50H96O6. The van der Waals surface area contributed by atoms with Crippen LogP contribution >= 0.6 is 0 Å². The minimum Gasteiger partial charge on any atom is -0.462 e. The lowest BCUT2D eigenvalue weighted by Crippen LogP contribution is -2.30. The summed E-state index contributed by atoms with van der Waals surface area (Å²) in [5.74, 6) is -0.0420. The molecule has 0 rings (SSSR count). The Labute approximate surface area is 348 Å². The molecule has 2 atom stereocenters. The van der Waals surface area contributed by atoms with Gasteiger partial charge in [-0.15, -0.1) is 0 Å². The van der Waals surface area contributed by atoms with Gasteiger partial charge in [-0.25, -0.2) is 0 Å². The van der Waals surface area contributed by atoms with Crippen molar-refractivity contribution in [1.29, 1.82) is 0 Å². The van der Waals surface area contributed by atoms with Crippen molar-refractivity contribution < 1.29 is 28.6 Å². The first-order valence-electron chi connectivity index (χ1n) is 24.9. The first-order chi connectivity index (χ1) is 27.4. The van der Waals surface area contributed by atoms with Crippen LogP contribution in [0.4, 0.5) is 0 Å². The number of hydrogen-bond acceptors (Lipinski definition) is 6. The maximum absolute atomic E-state index is 12.7. The summed E-state index contributed by atoms with van der Waals surface area (Å²) in [6, 6.07) is 0. The molecule has 0 saturated carbocycles. The van der Waals surface area contributed by atoms with Gasteiger partial charge in [-0.3, -0.25) is 14.4 Å². The number of ether oxygens (including phenoxy) is 3. The number of carbonyl (C=O) groups excluding carboxylic acids is 3. The molecule has 0 radical (unpaired) electrons. The first kappa shape index (κ1) is 54.4. The van der Waals surface area contributed by atoms with E-state index in [0.717, 1.165) is 63.7 Å². The molecule has 0 aliphatic rings. The SMILES string of the molecule is CCCCCCCCCCCCCCCCCCCC(=O)OC[C@@H](COC(=O)CCCCCCCCCCCCC)OC(=O)CCCCCCCCC(C)CC. The topological polar surface area (TPSA) is 78.9 Å². The number of carbonyl (C=O) groups is 3. The minimum absolute atomic E-state index is 0.0640. The van der Waals surface area contributed by atoms with Crippen molar-refractivity contribution >= 4 is 17.9 Å². The molecule has 0 aliphatic heterocycles. The van der Waals surface area contributed by atoms with Gasteiger partial charge in [0.15, 0.2) is 6.10 Å². The lowest BCUT2D eigenvalue weighted by Gasteiger charge is -2.18. The Hall–Kier alpha value is -1.59. The predicted molar refractivity (Wildman–Crippen MR) is 238 cm³/mol. The molecule has 0 saturated heterocycles. The second-order valence-corrected chi connectivity index (χ2v) is 17.3. The van der Waals surface area contributed by atoms with Crippen LogP contribution in [-0.4, -0.2) is 37.2 Å². The van der Waals surface area contributed by atoms with Crippen LogP contribution in [0.1, 0.15) is 278 Å². The van der Waals surface area contributed by atoms with Gasteiger partial charge in [0.05, 0.1) is 0 Å². The Kier molecular flexibility index (Phi) is 43.2. The van der Waals surface area contributed by atoms with Gasteiger partial charge < -0.3 is 14.2 Å². The number of hydrogen-bond donors (Lipinski definition) is 0. The van der Waals surface area contributed by atoms with Crippen molar-refractivity contribution in [3.8, 4) is 0 Å². The van der Waals surface area contributed by atoms with Gasteiger partial charge in [0.25, 0.3) is 0 Å². The molecule has 0 spiro atoms. The molecule has 332 valence electrons. The van der Waals surface area contributed by atoms with Crippen LogP contribution in [-0.2, 0) is 28.6 Å². The Morgan fingerprint density at radius 1 is 0.357 bits per heavy atom. The predicted octanol–water partition coefficient (Wildman–Crippen LogP) is 15.9. The highest BCUT2D eigenvalue weighted by molar-refractivity contribution is 5.71. The summed E-state index contributed by atoms with van der Waals surface area (Å²) in [6.45, 7) is 8.98. The molecule has 56 heavy (non-hydrogen) atoms. The van der Waals surface area contributed by atoms with Crippen LogP contribution in [0.2, 0.25) is 0 Å². The largest absolute Gasteiger partial charge is 0.462 e. The van der Waals surface area contributed by atoms with E-state index in [0.29, 0.717) is 19.3 Å². The molecule has 0 aliphatic carbocycles. The molecule has 0 aromatic carbocycles. The highest BCUT2D eigenvalue weighted by Crippen LogP contribution is 2.17. The third-order valence-electron chi connectivity index (χ3n) is 11.7. The summed E-state index contributed by atoms with van der Waals surface area (Å²) < 4.78 is 16.8. The van der Waals surface area contributed by atoms with Crippen LogP contribution in [0.15, 0.2) is 0 Å². The number of unbranched alkanes of at least 4 members (excludes halogenated alkanes) is 31. The molecule has 0 amide bonds. The van der Waals surface area contributed by atoms with Gasteiger partial charge in [0.1, 0.15) is 13.2 Å². The highest BCUT2D eigenvalue weighted by atomic mass is 16.6. The van der Waals surface area contributed by atoms with E-state index in [1.165, 1.54) is 173 Å². The fraction of sp³-hybridized carbons (Fsp3) is 0.940. The third-order valence-corrected chi connectivity index (χ3v) is 11.7. The fourth-order valence-electron chi connectivity index (χ4n) is 7.48. The summed E-state index contributed by atoms with van der Waals surface area (Å²) in [5.41, 5.74) is 0. The standard InChI is InChI=1S/C50H96O6/c1-5-8-10-12-14-16-18-19-20-21-22-23-25-27-29-34-38-42-49(52)55-45-47(56-50(53)43-39-35-31-30-32-36-40-46(4)7-3)44-54-48(51)41-37-33-28-26-24-17-15-13-11-9-6-2/h46-47H,5-45H2,1-4H3/t46?,47-/m1/s1.